The predicted molar refractivity (Wildman–Crippen MR) is 105 cm³/mol. The minimum atomic E-state index is -0.920. The van der Waals surface area contributed by atoms with E-state index in [-0.39, 0.29) is 23.5 Å². The lowest BCUT2D eigenvalue weighted by Crippen LogP contribution is -2.16. The molecule has 0 fully saturated rings. The minimum Gasteiger partial charge on any atom is -0.466 e. The van der Waals surface area contributed by atoms with Crippen molar-refractivity contribution in [2.45, 2.75) is 18.7 Å². The van der Waals surface area contributed by atoms with E-state index in [1.807, 2.05) is 0 Å². The Balaban J connectivity index is 2.10. The van der Waals surface area contributed by atoms with Gasteiger partial charge in [-0.2, -0.15) is 0 Å². The Bertz CT molecular complexity index is 893. The summed E-state index contributed by atoms with van der Waals surface area (Å²) in [6, 6.07) is 8.33. The number of methoxy groups -OCH3 is 1. The van der Waals surface area contributed by atoms with Gasteiger partial charge >= 0.3 is 12.1 Å². The highest BCUT2D eigenvalue weighted by molar-refractivity contribution is 7.98. The zero-order valence-electron chi connectivity index (χ0n) is 16.0. The molecule has 0 aromatic heterocycles. The van der Waals surface area contributed by atoms with E-state index in [4.69, 9.17) is 9.47 Å². The quantitative estimate of drug-likeness (QED) is 0.380. The largest absolute Gasteiger partial charge is 0.466 e. The molecule has 0 unspecified atom stereocenters. The number of hydrogen-bond acceptors (Lipinski definition) is 6. The first-order valence-electron chi connectivity index (χ1n) is 8.47. The Morgan fingerprint density at radius 1 is 1.14 bits per heavy atom. The highest BCUT2D eigenvalue weighted by Crippen LogP contribution is 2.30. The molecule has 0 aliphatic heterocycles. The fourth-order valence-corrected chi connectivity index (χ4v) is 2.72. The Morgan fingerprint density at radius 2 is 1.76 bits per heavy atom. The number of benzene rings is 2. The molecule has 1 amide bonds. The maximum Gasteiger partial charge on any atom is 0.417 e. The molecule has 0 heterocycles. The molecular weight excluding hydrogens is 404 g/mol. The summed E-state index contributed by atoms with van der Waals surface area (Å²) in [6.45, 7) is 3.42. The van der Waals surface area contributed by atoms with Crippen LogP contribution in [0.15, 0.2) is 46.9 Å². The van der Waals surface area contributed by atoms with Crippen LogP contribution in [0.25, 0.3) is 6.08 Å². The van der Waals surface area contributed by atoms with Crippen molar-refractivity contribution < 1.29 is 32.6 Å². The Morgan fingerprint density at radius 3 is 2.31 bits per heavy atom. The molecule has 0 atom stereocenters. The molecule has 29 heavy (non-hydrogen) atoms. The van der Waals surface area contributed by atoms with Gasteiger partial charge in [-0.05, 0) is 73.8 Å². The molecule has 0 radical (unpaired) electrons. The van der Waals surface area contributed by atoms with Crippen LogP contribution in [0.4, 0.5) is 13.6 Å². The Hall–Kier alpha value is -3.07. The van der Waals surface area contributed by atoms with E-state index < -0.39 is 29.4 Å². The van der Waals surface area contributed by atoms with E-state index >= 15 is 0 Å². The van der Waals surface area contributed by atoms with Crippen molar-refractivity contribution in [3.05, 3.63) is 59.2 Å². The van der Waals surface area contributed by atoms with Crippen LogP contribution in [-0.4, -0.2) is 25.8 Å². The fourth-order valence-electron chi connectivity index (χ4n) is 2.18. The van der Waals surface area contributed by atoms with E-state index in [1.54, 1.807) is 19.1 Å². The smallest absolute Gasteiger partial charge is 0.417 e. The number of hydrogen-bond donors (Lipinski definition) is 1. The minimum absolute atomic E-state index is 0.159. The van der Waals surface area contributed by atoms with Crippen LogP contribution in [0, 0.1) is 11.6 Å². The summed E-state index contributed by atoms with van der Waals surface area (Å²) in [6.07, 6.45) is 0.739. The highest BCUT2D eigenvalue weighted by Gasteiger charge is 2.14. The number of halogens is 2. The number of rotatable bonds is 7. The molecule has 0 saturated carbocycles. The molecular formula is C20H19F2NO5S. The number of ether oxygens (including phenoxy) is 3. The summed E-state index contributed by atoms with van der Waals surface area (Å²) in [5, 5.41) is 0. The molecule has 0 aliphatic rings. The van der Waals surface area contributed by atoms with Gasteiger partial charge in [0.1, 0.15) is 5.75 Å². The molecule has 2 aromatic carbocycles. The van der Waals surface area contributed by atoms with E-state index in [2.05, 4.69) is 9.46 Å². The summed E-state index contributed by atoms with van der Waals surface area (Å²) in [5.74, 6) is -2.80. The van der Waals surface area contributed by atoms with Crippen LogP contribution in [-0.2, 0) is 14.3 Å². The third kappa shape index (κ3) is 6.49. The topological polar surface area (TPSA) is 73.9 Å². The molecule has 0 spiro atoms. The average molecular weight is 423 g/mol. The van der Waals surface area contributed by atoms with Crippen molar-refractivity contribution in [3.8, 4) is 11.5 Å². The molecule has 6 nitrogen and oxygen atoms in total. The lowest BCUT2D eigenvalue weighted by molar-refractivity contribution is -0.135. The average Bonchev–Trinajstić information content (AvgIpc) is 2.69. The Kier molecular flexibility index (Phi) is 8.02. The SMILES string of the molecule is CCOC(=O)NSc1ccc(Oc2c(F)cc(/C=C(\C)C(=O)OC)cc2F)cc1. The van der Waals surface area contributed by atoms with Gasteiger partial charge in [-0.1, -0.05) is 0 Å². The van der Waals surface area contributed by atoms with Gasteiger partial charge in [-0.25, -0.2) is 18.4 Å². The lowest BCUT2D eigenvalue weighted by atomic mass is 10.1. The van der Waals surface area contributed by atoms with Crippen molar-refractivity contribution in [2.24, 2.45) is 0 Å². The van der Waals surface area contributed by atoms with Gasteiger partial charge in [0.05, 0.1) is 13.7 Å². The van der Waals surface area contributed by atoms with Crippen molar-refractivity contribution in [1.29, 1.82) is 0 Å². The second-order valence-corrected chi connectivity index (χ2v) is 6.51. The van der Waals surface area contributed by atoms with Gasteiger partial charge in [0, 0.05) is 10.5 Å². The first kappa shape index (κ1) is 22.2. The molecule has 0 aliphatic carbocycles. The van der Waals surface area contributed by atoms with Crippen LogP contribution in [0.5, 0.6) is 11.5 Å². The summed E-state index contributed by atoms with van der Waals surface area (Å²) in [5.41, 5.74) is 0.358. The van der Waals surface area contributed by atoms with Crippen LogP contribution in [0.1, 0.15) is 19.4 Å². The summed E-state index contributed by atoms with van der Waals surface area (Å²) < 4.78 is 45.7. The highest BCUT2D eigenvalue weighted by atomic mass is 32.2. The second kappa shape index (κ2) is 10.5. The Labute approximate surface area is 171 Å². The van der Waals surface area contributed by atoms with Crippen LogP contribution >= 0.6 is 11.9 Å². The van der Waals surface area contributed by atoms with Crippen LogP contribution in [0.3, 0.4) is 0 Å². The maximum atomic E-state index is 14.3. The zero-order valence-corrected chi connectivity index (χ0v) is 16.8. The molecule has 2 rings (SSSR count). The van der Waals surface area contributed by atoms with E-state index in [0.29, 0.717) is 4.90 Å². The van der Waals surface area contributed by atoms with Crippen LogP contribution in [0.2, 0.25) is 0 Å². The van der Waals surface area contributed by atoms with Crippen molar-refractivity contribution in [1.82, 2.24) is 4.72 Å². The standard InChI is InChI=1S/C20H19F2NO5S/c1-4-27-20(25)23-29-15-7-5-14(6-8-15)28-18-16(21)10-13(11-17(18)22)9-12(2)19(24)26-3/h5-11H,4H2,1-3H3,(H,23,25)/b12-9+. The van der Waals surface area contributed by atoms with Gasteiger partial charge in [0.25, 0.3) is 0 Å². The van der Waals surface area contributed by atoms with Gasteiger partial charge in [0.15, 0.2) is 17.4 Å². The van der Waals surface area contributed by atoms with E-state index in [9.17, 15) is 18.4 Å². The predicted octanol–water partition coefficient (Wildman–Crippen LogP) is 5.09. The summed E-state index contributed by atoms with van der Waals surface area (Å²) >= 11 is 1.03. The number of carbonyl (C=O) groups excluding carboxylic acids is 2. The normalized spacial score (nSPS) is 11.0. The number of nitrogens with one attached hydrogen (secondary N) is 1. The fraction of sp³-hybridized carbons (Fsp3) is 0.200. The van der Waals surface area contributed by atoms with Crippen molar-refractivity contribution in [2.75, 3.05) is 13.7 Å². The molecule has 2 aromatic rings. The van der Waals surface area contributed by atoms with E-state index in [0.717, 1.165) is 24.1 Å². The van der Waals surface area contributed by atoms with Gasteiger partial charge < -0.3 is 14.2 Å². The van der Waals surface area contributed by atoms with Gasteiger partial charge in [0.2, 0.25) is 0 Å². The number of amides is 1. The van der Waals surface area contributed by atoms with Crippen LogP contribution < -0.4 is 9.46 Å². The van der Waals surface area contributed by atoms with Gasteiger partial charge in [-0.15, -0.1) is 0 Å². The summed E-state index contributed by atoms with van der Waals surface area (Å²) in [7, 11) is 1.22. The zero-order chi connectivity index (χ0) is 21.4. The van der Waals surface area contributed by atoms with E-state index in [1.165, 1.54) is 32.2 Å². The third-order valence-corrected chi connectivity index (χ3v) is 4.26. The monoisotopic (exact) mass is 423 g/mol. The van der Waals surface area contributed by atoms with Gasteiger partial charge in [-0.3, -0.25) is 4.72 Å². The molecule has 9 heteroatoms. The third-order valence-electron chi connectivity index (χ3n) is 3.48. The molecule has 0 bridgehead atoms. The lowest BCUT2D eigenvalue weighted by Gasteiger charge is -2.10. The molecule has 1 N–H and O–H groups in total. The summed E-state index contributed by atoms with van der Waals surface area (Å²) in [4.78, 5) is 23.3. The maximum absolute atomic E-state index is 14.3. The first-order valence-corrected chi connectivity index (χ1v) is 9.28. The van der Waals surface area contributed by atoms with Crippen molar-refractivity contribution in [3.63, 3.8) is 0 Å². The second-order valence-electron chi connectivity index (χ2n) is 5.63. The molecule has 0 saturated heterocycles. The number of carbonyl (C=O) groups is 2. The first-order chi connectivity index (χ1) is 13.8. The molecule has 154 valence electrons. The number of esters is 1. The van der Waals surface area contributed by atoms with Crippen molar-refractivity contribution >= 4 is 30.1 Å².